The minimum Gasteiger partial charge on any atom is -0.462 e. The summed E-state index contributed by atoms with van der Waals surface area (Å²) in [7, 11) is 0. The Balaban J connectivity index is 0.886. The third-order valence-electron chi connectivity index (χ3n) is 17.4. The van der Waals surface area contributed by atoms with Crippen LogP contribution in [0.1, 0.15) is 202 Å². The molecule has 0 aromatic carbocycles. The predicted octanol–water partition coefficient (Wildman–Crippen LogP) is 13.7. The lowest BCUT2D eigenvalue weighted by atomic mass is 9.47. The second-order valence-electron chi connectivity index (χ2n) is 22.7. The second kappa shape index (κ2) is 31.1. The van der Waals surface area contributed by atoms with Gasteiger partial charge in [-0.05, 0) is 130 Å². The Morgan fingerprint density at radius 1 is 0.773 bits per heavy atom. The lowest BCUT2D eigenvalue weighted by molar-refractivity contribution is -0.153. The summed E-state index contributed by atoms with van der Waals surface area (Å²) in [6.07, 6.45) is 40.1. The molecule has 0 amide bonds. The second-order valence-corrected chi connectivity index (χ2v) is 22.7. The van der Waals surface area contributed by atoms with Gasteiger partial charge in [0.25, 0.3) is 0 Å². The monoisotopic (exact) mass is 926 g/mol. The Morgan fingerprint density at radius 3 is 2.23 bits per heavy atom. The Kier molecular flexibility index (Phi) is 26.2. The van der Waals surface area contributed by atoms with E-state index in [0.717, 1.165) is 94.2 Å². The summed E-state index contributed by atoms with van der Waals surface area (Å²) in [5.41, 5.74) is 2.41. The minimum absolute atomic E-state index is 0.00387. The van der Waals surface area contributed by atoms with Gasteiger partial charge in [0.15, 0.2) is 0 Å². The number of hydrogen-bond acceptors (Lipinski definition) is 8. The van der Waals surface area contributed by atoms with Crippen LogP contribution >= 0.6 is 0 Å². The van der Waals surface area contributed by atoms with Crippen molar-refractivity contribution in [2.24, 2.45) is 46.3 Å². The third kappa shape index (κ3) is 18.5. The van der Waals surface area contributed by atoms with Crippen molar-refractivity contribution >= 4 is 5.97 Å². The summed E-state index contributed by atoms with van der Waals surface area (Å²) >= 11 is 0. The zero-order valence-electron chi connectivity index (χ0n) is 43.8. The number of allylic oxidation sites excluding steroid dienone is 3. The molecule has 3 saturated carbocycles. The lowest BCUT2D eigenvalue weighted by Gasteiger charge is -2.58. The van der Waals surface area contributed by atoms with Gasteiger partial charge >= 0.3 is 5.97 Å². The van der Waals surface area contributed by atoms with Gasteiger partial charge in [0.05, 0.1) is 51.8 Å². The van der Waals surface area contributed by atoms with Crippen LogP contribution in [0.2, 0.25) is 0 Å². The fraction of sp³-hybridized carbons (Fsp3) is 0.914. The van der Waals surface area contributed by atoms with E-state index >= 15 is 0 Å². The highest BCUT2D eigenvalue weighted by molar-refractivity contribution is 5.70. The van der Waals surface area contributed by atoms with Gasteiger partial charge in [0, 0.05) is 26.2 Å². The van der Waals surface area contributed by atoms with Crippen molar-refractivity contribution in [3.05, 3.63) is 23.8 Å². The Morgan fingerprint density at radius 2 is 1.48 bits per heavy atom. The quantitative estimate of drug-likeness (QED) is 0.0353. The Hall–Kier alpha value is -1.29. The molecule has 382 valence electrons. The number of nitrogens with zero attached hydrogens (tertiary/aromatic N) is 1. The zero-order valence-corrected chi connectivity index (χ0v) is 43.8. The first-order valence-electron chi connectivity index (χ1n) is 28.3. The van der Waals surface area contributed by atoms with E-state index in [1.807, 2.05) is 0 Å². The van der Waals surface area contributed by atoms with Crippen molar-refractivity contribution < 1.29 is 33.2 Å². The molecule has 0 spiro atoms. The number of carbonyl (C=O) groups is 1. The van der Waals surface area contributed by atoms with Crippen molar-refractivity contribution in [3.8, 4) is 0 Å². The minimum atomic E-state index is -0.300. The third-order valence-corrected chi connectivity index (χ3v) is 17.4. The van der Waals surface area contributed by atoms with Gasteiger partial charge in [0.2, 0.25) is 0 Å². The molecular weight excluding hydrogens is 823 g/mol. The first-order chi connectivity index (χ1) is 32.1. The molecular formula is C58H103NO7. The van der Waals surface area contributed by atoms with Crippen LogP contribution in [-0.2, 0) is 33.2 Å². The maximum atomic E-state index is 12.7. The summed E-state index contributed by atoms with van der Waals surface area (Å²) in [4.78, 5) is 15.1. The van der Waals surface area contributed by atoms with Crippen LogP contribution in [0.25, 0.3) is 0 Å². The smallest absolute Gasteiger partial charge is 0.332 e. The van der Waals surface area contributed by atoms with Crippen molar-refractivity contribution in [3.63, 3.8) is 0 Å². The largest absolute Gasteiger partial charge is 0.462 e. The number of carbonyl (C=O) groups excluding carboxylic acids is 1. The van der Waals surface area contributed by atoms with E-state index in [1.165, 1.54) is 141 Å². The van der Waals surface area contributed by atoms with Crippen molar-refractivity contribution in [1.82, 2.24) is 4.90 Å². The fourth-order valence-electron chi connectivity index (χ4n) is 13.5. The number of hydrogen-bond donors (Lipinski definition) is 0. The van der Waals surface area contributed by atoms with Gasteiger partial charge in [-0.3, -0.25) is 4.90 Å². The maximum absolute atomic E-state index is 12.7. The molecule has 0 N–H and O–H groups in total. The normalized spacial score (nSPS) is 28.8. The van der Waals surface area contributed by atoms with Gasteiger partial charge in [-0.25, -0.2) is 4.79 Å². The van der Waals surface area contributed by atoms with Gasteiger partial charge in [-0.15, -0.1) is 0 Å². The molecule has 0 radical (unpaired) electrons. The van der Waals surface area contributed by atoms with E-state index in [2.05, 4.69) is 64.7 Å². The highest BCUT2D eigenvalue weighted by Crippen LogP contribution is 2.67. The van der Waals surface area contributed by atoms with Crippen molar-refractivity contribution in [2.45, 2.75) is 214 Å². The van der Waals surface area contributed by atoms with Gasteiger partial charge < -0.3 is 28.4 Å². The van der Waals surface area contributed by atoms with Crippen molar-refractivity contribution in [1.29, 1.82) is 0 Å². The lowest BCUT2D eigenvalue weighted by Crippen LogP contribution is -2.51. The molecule has 8 nitrogen and oxygen atoms in total. The molecule has 4 fully saturated rings. The van der Waals surface area contributed by atoms with Crippen LogP contribution in [0.15, 0.2) is 23.8 Å². The van der Waals surface area contributed by atoms with Crippen molar-refractivity contribution in [2.75, 3.05) is 79.1 Å². The highest BCUT2D eigenvalue weighted by Gasteiger charge is 2.59. The molecule has 9 atom stereocenters. The molecule has 1 heterocycles. The number of fused-ring (bicyclic) bond motifs is 5. The van der Waals surface area contributed by atoms with Crippen LogP contribution in [0, 0.1) is 46.3 Å². The first kappa shape index (κ1) is 55.6. The topological polar surface area (TPSA) is 75.7 Å². The van der Waals surface area contributed by atoms with Crippen LogP contribution < -0.4 is 0 Å². The summed E-state index contributed by atoms with van der Waals surface area (Å²) in [5.74, 6) is 4.77. The molecule has 6 unspecified atom stereocenters. The first-order valence-corrected chi connectivity index (χ1v) is 28.3. The molecule has 5 rings (SSSR count). The van der Waals surface area contributed by atoms with Gasteiger partial charge in [0.1, 0.15) is 13.2 Å². The molecule has 66 heavy (non-hydrogen) atoms. The average molecular weight is 926 g/mol. The predicted molar refractivity (Wildman–Crippen MR) is 272 cm³/mol. The summed E-state index contributed by atoms with van der Waals surface area (Å²) in [6.45, 7) is 22.0. The highest BCUT2D eigenvalue weighted by atomic mass is 16.6. The van der Waals surface area contributed by atoms with Crippen LogP contribution in [0.5, 0.6) is 0 Å². The van der Waals surface area contributed by atoms with Gasteiger partial charge in [-0.1, -0.05) is 142 Å². The van der Waals surface area contributed by atoms with E-state index in [-0.39, 0.29) is 36.8 Å². The van der Waals surface area contributed by atoms with Crippen LogP contribution in [0.3, 0.4) is 0 Å². The molecule has 1 aliphatic heterocycles. The molecule has 5 aliphatic rings. The molecule has 8 heteroatoms. The molecule has 0 aromatic heterocycles. The number of esters is 1. The molecule has 0 bridgehead atoms. The van der Waals surface area contributed by atoms with Gasteiger partial charge in [-0.2, -0.15) is 0 Å². The standard InChI is InChI=1S/C58H103NO7/c1-7-8-9-10-11-12-13-14-15-16-17-18-19-20-21-22-36-63-45-51(44-59-34-37-61-38-35-59)64-41-39-62-40-42-65-56(60)46-66-50-30-32-57(5)49(43-50)26-27-52-54-29-28-53(48(4)25-23-24-47(2)3)58(54,6)33-31-55(52)57/h14-15,26,47-48,50-55H,7-13,16-25,27-46H2,1-6H3/b15-14-/t48?,50-,51?,52?,53?,54-,55-,57?,58?/m0/s1. The zero-order chi connectivity index (χ0) is 46.9. The Bertz CT molecular complexity index is 1360. The Labute approximate surface area is 406 Å². The van der Waals surface area contributed by atoms with Crippen LogP contribution in [-0.4, -0.2) is 102 Å². The molecule has 1 saturated heterocycles. The molecule has 4 aliphatic carbocycles. The average Bonchev–Trinajstić information content (AvgIpc) is 3.67. The van der Waals surface area contributed by atoms with E-state index in [0.29, 0.717) is 31.8 Å². The molecule has 0 aromatic rings. The summed E-state index contributed by atoms with van der Waals surface area (Å²) < 4.78 is 35.5. The summed E-state index contributed by atoms with van der Waals surface area (Å²) in [6, 6.07) is 0. The maximum Gasteiger partial charge on any atom is 0.332 e. The number of unbranched alkanes of at least 4 members (excludes halogenated alkanes) is 12. The summed E-state index contributed by atoms with van der Waals surface area (Å²) in [5, 5.41) is 0. The van der Waals surface area contributed by atoms with Crippen LogP contribution in [0.4, 0.5) is 0 Å². The van der Waals surface area contributed by atoms with E-state index in [1.54, 1.807) is 5.57 Å². The number of ether oxygens (including phenoxy) is 6. The van der Waals surface area contributed by atoms with E-state index in [4.69, 9.17) is 28.4 Å². The SMILES string of the molecule is CCCCCCCC/C=C\CCCCCCCCOCC(CN1CCOCC1)OCCOCCOC(=O)CO[C@H]1CCC2(C)C(=CCC3[C@@H]2CCC2(C)C(C(C)CCCC(C)C)CC[C@@H]32)C1. The van der Waals surface area contributed by atoms with E-state index in [9.17, 15) is 4.79 Å². The van der Waals surface area contributed by atoms with E-state index < -0.39 is 0 Å². The number of morpholine rings is 1. The number of rotatable bonds is 35. The fourth-order valence-corrected chi connectivity index (χ4v) is 13.5.